The zero-order valence-corrected chi connectivity index (χ0v) is 13.6. The van der Waals surface area contributed by atoms with Crippen LogP contribution >= 0.6 is 0 Å². The van der Waals surface area contributed by atoms with Crippen molar-refractivity contribution in [3.05, 3.63) is 11.6 Å². The molecule has 4 atom stereocenters. The summed E-state index contributed by atoms with van der Waals surface area (Å²) < 4.78 is 5.05. The highest BCUT2D eigenvalue weighted by Gasteiger charge is 2.38. The molecule has 4 N–H and O–H groups in total. The number of carbonyl (C=O) groups is 3. The summed E-state index contributed by atoms with van der Waals surface area (Å²) in [5, 5.41) is 32.5. The third kappa shape index (κ3) is 4.76. The van der Waals surface area contributed by atoms with Crippen molar-refractivity contribution < 1.29 is 39.5 Å². The maximum Gasteiger partial charge on any atom is 0.335 e. The number of fused-ring (bicyclic) bond motifs is 2. The van der Waals surface area contributed by atoms with E-state index in [1.807, 2.05) is 6.92 Å². The number of rotatable bonds is 5. The number of nitrogens with zero attached hydrogens (tertiary/aromatic N) is 1. The van der Waals surface area contributed by atoms with Crippen molar-refractivity contribution in [3.8, 4) is 0 Å². The van der Waals surface area contributed by atoms with E-state index in [4.69, 9.17) is 25.2 Å². The first-order chi connectivity index (χ1) is 11.2. The Hall–Kier alpha value is -1.97. The number of aliphatic hydroxyl groups is 2. The van der Waals surface area contributed by atoms with Gasteiger partial charge in [0.2, 0.25) is 0 Å². The third-order valence-electron chi connectivity index (χ3n) is 4.13. The minimum absolute atomic E-state index is 0.121. The fourth-order valence-electron chi connectivity index (χ4n) is 2.77. The summed E-state index contributed by atoms with van der Waals surface area (Å²) in [5.41, 5.74) is 0.878. The molecule has 2 bridgehead atoms. The summed E-state index contributed by atoms with van der Waals surface area (Å²) >= 11 is 0. The number of ether oxygens (including phenoxy) is 1. The van der Waals surface area contributed by atoms with E-state index >= 15 is 0 Å². The first kappa shape index (κ1) is 20.1. The van der Waals surface area contributed by atoms with E-state index < -0.39 is 24.1 Å². The molecule has 9 nitrogen and oxygen atoms in total. The molecule has 0 saturated carbocycles. The summed E-state index contributed by atoms with van der Waals surface area (Å²) in [6.45, 7) is 2.32. The van der Waals surface area contributed by atoms with Crippen LogP contribution in [0.4, 0.5) is 0 Å². The lowest BCUT2D eigenvalue weighted by Crippen LogP contribution is -2.39. The quantitative estimate of drug-likeness (QED) is 0.471. The normalized spacial score (nSPS) is 24.9. The number of carbonyl (C=O) groups excluding carboxylic acids is 1. The van der Waals surface area contributed by atoms with Gasteiger partial charge in [-0.25, -0.2) is 14.4 Å². The first-order valence-corrected chi connectivity index (χ1v) is 7.61. The van der Waals surface area contributed by atoms with Crippen molar-refractivity contribution >= 4 is 17.9 Å². The summed E-state index contributed by atoms with van der Waals surface area (Å²) in [7, 11) is 2.11. The van der Waals surface area contributed by atoms with Gasteiger partial charge in [0.25, 0.3) is 0 Å². The molecule has 0 aromatic rings. The topological polar surface area (TPSA) is 145 Å². The molecular formula is C15H23NO8. The Morgan fingerprint density at radius 2 is 1.75 bits per heavy atom. The molecule has 0 aromatic carbocycles. The van der Waals surface area contributed by atoms with Gasteiger partial charge < -0.3 is 25.2 Å². The summed E-state index contributed by atoms with van der Waals surface area (Å²) in [6, 6.07) is 0.964. The van der Waals surface area contributed by atoms with Crippen LogP contribution in [0.3, 0.4) is 0 Å². The smallest absolute Gasteiger partial charge is 0.335 e. The molecule has 1 fully saturated rings. The van der Waals surface area contributed by atoms with E-state index in [0.717, 1.165) is 18.4 Å². The second-order valence-corrected chi connectivity index (χ2v) is 5.59. The third-order valence-corrected chi connectivity index (χ3v) is 4.13. The lowest BCUT2D eigenvalue weighted by molar-refractivity contribution is -0.165. The number of carboxylic acid groups (broad SMARTS) is 2. The van der Waals surface area contributed by atoms with Gasteiger partial charge in [0.1, 0.15) is 0 Å². The maximum absolute atomic E-state index is 11.6. The van der Waals surface area contributed by atoms with Gasteiger partial charge in [-0.05, 0) is 33.2 Å². The van der Waals surface area contributed by atoms with Crippen molar-refractivity contribution in [1.82, 2.24) is 4.90 Å². The van der Waals surface area contributed by atoms with Crippen molar-refractivity contribution in [3.63, 3.8) is 0 Å². The highest BCUT2D eigenvalue weighted by atomic mass is 16.5. The fourth-order valence-corrected chi connectivity index (χ4v) is 2.77. The minimum atomic E-state index is -2.27. The van der Waals surface area contributed by atoms with Crippen molar-refractivity contribution in [2.75, 3.05) is 13.7 Å². The highest BCUT2D eigenvalue weighted by molar-refractivity contribution is 5.90. The standard InChI is InChI=1S/C11H17NO2.C4H6O6/c1-3-14-11(13)9-6-4-8-5-7-10(9)12(8)2;5-1(3(7)8)2(6)4(9)10/h6,8,10H,3-5,7H2,1-2H3;1-2,5-6H,(H,7,8)(H,9,10)/t8-,10?;1-,2-/m00/s1. The molecule has 2 rings (SSSR count). The zero-order valence-electron chi connectivity index (χ0n) is 13.6. The Labute approximate surface area is 139 Å². The lowest BCUT2D eigenvalue weighted by Gasteiger charge is -2.30. The van der Waals surface area contributed by atoms with Crippen LogP contribution in [0.15, 0.2) is 11.6 Å². The van der Waals surface area contributed by atoms with Crippen LogP contribution in [0.2, 0.25) is 0 Å². The number of aliphatic carboxylic acids is 2. The minimum Gasteiger partial charge on any atom is -0.479 e. The SMILES string of the molecule is CCOC(=O)C1=CC[C@H]2CCC1N2C.O=C(O)[C@@H](O)[C@H](O)C(=O)O. The molecule has 1 saturated heterocycles. The highest BCUT2D eigenvalue weighted by Crippen LogP contribution is 2.34. The molecule has 136 valence electrons. The fraction of sp³-hybridized carbons (Fsp3) is 0.667. The molecule has 0 aliphatic carbocycles. The van der Waals surface area contributed by atoms with E-state index in [1.54, 1.807) is 0 Å². The van der Waals surface area contributed by atoms with Crippen molar-refractivity contribution in [1.29, 1.82) is 0 Å². The van der Waals surface area contributed by atoms with Crippen LogP contribution in [0.25, 0.3) is 0 Å². The maximum atomic E-state index is 11.6. The van der Waals surface area contributed by atoms with E-state index in [0.29, 0.717) is 18.7 Å². The van der Waals surface area contributed by atoms with Gasteiger partial charge in [-0.1, -0.05) is 6.08 Å². The van der Waals surface area contributed by atoms with E-state index in [1.165, 1.54) is 6.42 Å². The molecule has 24 heavy (non-hydrogen) atoms. The van der Waals surface area contributed by atoms with Crippen molar-refractivity contribution in [2.45, 2.75) is 50.5 Å². The Morgan fingerprint density at radius 3 is 2.21 bits per heavy atom. The lowest BCUT2D eigenvalue weighted by atomic mass is 10.0. The largest absolute Gasteiger partial charge is 0.479 e. The number of hydrogen-bond donors (Lipinski definition) is 4. The molecule has 2 aliphatic heterocycles. The molecule has 9 heteroatoms. The van der Waals surface area contributed by atoms with Gasteiger partial charge in [-0.15, -0.1) is 0 Å². The predicted octanol–water partition coefficient (Wildman–Crippen LogP) is -0.780. The Balaban J connectivity index is 0.000000257. The molecule has 0 radical (unpaired) electrons. The Kier molecular flexibility index (Phi) is 7.33. The second-order valence-electron chi connectivity index (χ2n) is 5.59. The average Bonchev–Trinajstić information content (AvgIpc) is 2.76. The van der Waals surface area contributed by atoms with Gasteiger partial charge in [-0.2, -0.15) is 0 Å². The van der Waals surface area contributed by atoms with Crippen LogP contribution in [0.1, 0.15) is 26.2 Å². The van der Waals surface area contributed by atoms with Crippen LogP contribution in [-0.2, 0) is 19.1 Å². The van der Waals surface area contributed by atoms with Gasteiger partial charge in [0.05, 0.1) is 12.2 Å². The van der Waals surface area contributed by atoms with Crippen LogP contribution in [0.5, 0.6) is 0 Å². The van der Waals surface area contributed by atoms with Crippen LogP contribution in [-0.4, -0.2) is 81.2 Å². The summed E-state index contributed by atoms with van der Waals surface area (Å²) in [5.74, 6) is -3.66. The van der Waals surface area contributed by atoms with Crippen LogP contribution in [0, 0.1) is 0 Å². The average molecular weight is 345 g/mol. The zero-order chi connectivity index (χ0) is 18.4. The van der Waals surface area contributed by atoms with Crippen molar-refractivity contribution in [2.24, 2.45) is 0 Å². The first-order valence-electron chi connectivity index (χ1n) is 7.61. The summed E-state index contributed by atoms with van der Waals surface area (Å²) in [4.78, 5) is 33.5. The number of hydrogen-bond acceptors (Lipinski definition) is 7. The molecular weight excluding hydrogens is 322 g/mol. The molecule has 2 heterocycles. The molecule has 2 aliphatic rings. The predicted molar refractivity (Wildman–Crippen MR) is 81.2 cm³/mol. The van der Waals surface area contributed by atoms with Gasteiger partial charge in [0, 0.05) is 12.1 Å². The number of carboxylic acids is 2. The Bertz CT molecular complexity index is 500. The monoisotopic (exact) mass is 345 g/mol. The molecule has 0 aromatic heterocycles. The van der Waals surface area contributed by atoms with Gasteiger partial charge in [-0.3, -0.25) is 4.90 Å². The Morgan fingerprint density at radius 1 is 1.21 bits per heavy atom. The number of likely N-dealkylation sites (N-methyl/N-ethyl adjacent to an activating group) is 1. The van der Waals surface area contributed by atoms with Crippen LogP contribution < -0.4 is 0 Å². The second kappa shape index (κ2) is 8.76. The van der Waals surface area contributed by atoms with Gasteiger partial charge in [0.15, 0.2) is 12.2 Å². The summed E-state index contributed by atoms with van der Waals surface area (Å²) in [6.07, 6.45) is 0.850. The van der Waals surface area contributed by atoms with Gasteiger partial charge >= 0.3 is 17.9 Å². The van der Waals surface area contributed by atoms with E-state index in [-0.39, 0.29) is 5.97 Å². The number of aliphatic hydroxyl groups excluding tert-OH is 2. The van der Waals surface area contributed by atoms with E-state index in [2.05, 4.69) is 18.0 Å². The van der Waals surface area contributed by atoms with E-state index in [9.17, 15) is 14.4 Å². The molecule has 0 amide bonds. The number of esters is 1. The molecule has 1 unspecified atom stereocenters. The molecule has 0 spiro atoms.